The van der Waals surface area contributed by atoms with Gasteiger partial charge in [-0.05, 0) is 45.7 Å². The van der Waals surface area contributed by atoms with Crippen molar-refractivity contribution < 1.29 is 19.2 Å². The summed E-state index contributed by atoms with van der Waals surface area (Å²) in [4.78, 5) is 35.4. The summed E-state index contributed by atoms with van der Waals surface area (Å²) >= 11 is 6.31. The van der Waals surface area contributed by atoms with E-state index >= 15 is 0 Å². The van der Waals surface area contributed by atoms with Crippen LogP contribution in [0.25, 0.3) is 11.3 Å². The first kappa shape index (κ1) is 27.5. The zero-order valence-corrected chi connectivity index (χ0v) is 20.6. The number of carbonyl (C=O) groups excluding carboxylic acids is 2. The van der Waals surface area contributed by atoms with Crippen molar-refractivity contribution in [1.29, 1.82) is 0 Å². The lowest BCUT2D eigenvalue weighted by Gasteiger charge is -2.24. The number of nitro benzene ring substituents is 1. The third-order valence-electron chi connectivity index (χ3n) is 4.58. The van der Waals surface area contributed by atoms with Crippen molar-refractivity contribution in [1.82, 2.24) is 15.5 Å². The van der Waals surface area contributed by atoms with Gasteiger partial charge in [0.15, 0.2) is 5.15 Å². The lowest BCUT2D eigenvalue weighted by Crippen LogP contribution is -2.35. The molecule has 35 heavy (non-hydrogen) atoms. The zero-order valence-electron chi connectivity index (χ0n) is 19.8. The van der Waals surface area contributed by atoms with Gasteiger partial charge < -0.3 is 15.4 Å². The number of allylic oxidation sites excluding steroid dienone is 1. The van der Waals surface area contributed by atoms with Crippen molar-refractivity contribution in [3.63, 3.8) is 0 Å². The van der Waals surface area contributed by atoms with Crippen molar-refractivity contribution in [2.45, 2.75) is 51.7 Å². The Labute approximate surface area is 208 Å². The summed E-state index contributed by atoms with van der Waals surface area (Å²) in [6, 6.07) is 4.98. The molecule has 1 atom stereocenters. The highest BCUT2D eigenvalue weighted by Crippen LogP contribution is 2.34. The van der Waals surface area contributed by atoms with Crippen molar-refractivity contribution in [3.8, 4) is 11.3 Å². The van der Waals surface area contributed by atoms with Crippen molar-refractivity contribution >= 4 is 35.0 Å². The number of alkyl carbamates (subject to hydrolysis) is 1. The molecule has 2 amide bonds. The van der Waals surface area contributed by atoms with E-state index in [4.69, 9.17) is 16.3 Å². The highest BCUT2D eigenvalue weighted by molar-refractivity contribution is 6.30. The van der Waals surface area contributed by atoms with Crippen LogP contribution in [0.1, 0.15) is 51.6 Å². The normalized spacial score (nSPS) is 11.8. The molecule has 0 radical (unpaired) electrons. The van der Waals surface area contributed by atoms with Crippen molar-refractivity contribution in [3.05, 3.63) is 70.4 Å². The molecule has 1 unspecified atom stereocenters. The van der Waals surface area contributed by atoms with E-state index < -0.39 is 22.7 Å². The Hall–Kier alpha value is -3.79. The van der Waals surface area contributed by atoms with E-state index in [-0.39, 0.29) is 28.9 Å². The summed E-state index contributed by atoms with van der Waals surface area (Å²) < 4.78 is 5.34. The molecule has 0 saturated carbocycles. The molecule has 0 saturated heterocycles. The molecule has 1 heterocycles. The number of nitrogens with zero attached hydrogens (tertiary/aromatic N) is 3. The van der Waals surface area contributed by atoms with Crippen LogP contribution in [-0.2, 0) is 9.53 Å². The van der Waals surface area contributed by atoms with Gasteiger partial charge in [0.2, 0.25) is 5.91 Å². The van der Waals surface area contributed by atoms with Crippen LogP contribution >= 0.6 is 11.6 Å². The molecule has 2 N–H and O–H groups in total. The number of benzene rings is 1. The predicted octanol–water partition coefficient (Wildman–Crippen LogP) is 5.75. The van der Waals surface area contributed by atoms with E-state index in [1.807, 2.05) is 0 Å². The fourth-order valence-corrected chi connectivity index (χ4v) is 3.29. The van der Waals surface area contributed by atoms with Gasteiger partial charge in [-0.3, -0.25) is 14.9 Å². The molecule has 186 valence electrons. The summed E-state index contributed by atoms with van der Waals surface area (Å²) in [5.74, 6) is -0.343. The summed E-state index contributed by atoms with van der Waals surface area (Å²) in [7, 11) is 0. The largest absolute Gasteiger partial charge is 0.444 e. The molecule has 10 nitrogen and oxygen atoms in total. The van der Waals surface area contributed by atoms with E-state index in [1.54, 1.807) is 39.0 Å². The first-order valence-corrected chi connectivity index (χ1v) is 11.2. The summed E-state index contributed by atoms with van der Waals surface area (Å²) in [6.45, 7) is 12.5. The number of carbonyl (C=O) groups is 2. The number of hydrogen-bond acceptors (Lipinski definition) is 7. The Bertz CT molecular complexity index is 1130. The van der Waals surface area contributed by atoms with Gasteiger partial charge in [0.25, 0.3) is 5.69 Å². The topological polar surface area (TPSA) is 136 Å². The molecule has 0 aliphatic carbocycles. The summed E-state index contributed by atoms with van der Waals surface area (Å²) in [5.41, 5.74) is 0.402. The number of hydrogen-bond donors (Lipinski definition) is 2. The van der Waals surface area contributed by atoms with Gasteiger partial charge in [0.05, 0.1) is 22.3 Å². The fourth-order valence-electron chi connectivity index (χ4n) is 3.07. The van der Waals surface area contributed by atoms with Crippen LogP contribution < -0.4 is 10.6 Å². The Kier molecular flexibility index (Phi) is 9.47. The number of non-ortho nitro benzene ring substituents is 1. The molecule has 1 aromatic carbocycles. The van der Waals surface area contributed by atoms with Gasteiger partial charge in [-0.2, -0.15) is 0 Å². The SMILES string of the molecule is C=CCCC(=O)Nc1cc([N+](=O)[O-])ccc1-c1cc(C(CC=C)NC(=O)OC(C)(C)C)c(Cl)nn1. The fraction of sp³-hybridized carbons (Fsp3) is 0.333. The number of nitro groups is 1. The zero-order chi connectivity index (χ0) is 26.2. The second-order valence-electron chi connectivity index (χ2n) is 8.56. The van der Waals surface area contributed by atoms with Crippen LogP contribution in [0.5, 0.6) is 0 Å². The minimum Gasteiger partial charge on any atom is -0.444 e. The van der Waals surface area contributed by atoms with Gasteiger partial charge in [0.1, 0.15) is 5.60 Å². The van der Waals surface area contributed by atoms with Crippen molar-refractivity contribution in [2.75, 3.05) is 5.32 Å². The monoisotopic (exact) mass is 501 g/mol. The third-order valence-corrected chi connectivity index (χ3v) is 4.88. The minimum atomic E-state index is -0.703. The van der Waals surface area contributed by atoms with Crippen LogP contribution in [-0.4, -0.2) is 32.7 Å². The minimum absolute atomic E-state index is 0.0511. The van der Waals surface area contributed by atoms with Crippen LogP contribution in [0.15, 0.2) is 49.6 Å². The molecule has 11 heteroatoms. The molecular weight excluding hydrogens is 474 g/mol. The lowest BCUT2D eigenvalue weighted by atomic mass is 10.0. The average Bonchev–Trinajstić information content (AvgIpc) is 2.76. The van der Waals surface area contributed by atoms with Gasteiger partial charge >= 0.3 is 6.09 Å². The van der Waals surface area contributed by atoms with Crippen LogP contribution in [0.2, 0.25) is 5.15 Å². The number of anilines is 1. The summed E-state index contributed by atoms with van der Waals surface area (Å²) in [6.07, 6.45) is 3.47. The van der Waals surface area contributed by atoms with Crippen LogP contribution in [0.3, 0.4) is 0 Å². The smallest absolute Gasteiger partial charge is 0.408 e. The maximum absolute atomic E-state index is 12.4. The Morgan fingerprint density at radius 2 is 1.94 bits per heavy atom. The quantitative estimate of drug-likeness (QED) is 0.240. The number of nitrogens with one attached hydrogen (secondary N) is 2. The molecule has 0 bridgehead atoms. The standard InChI is InChI=1S/C24H28ClN5O5/c1-6-8-10-21(31)26-19-13-15(30(33)34)11-12-16(19)20-14-17(22(25)29-28-20)18(9-7-2)27-23(32)35-24(3,4)5/h6-7,11-14,18H,1-2,8-10H2,3-5H3,(H,26,31)(H,27,32). The van der Waals surface area contributed by atoms with E-state index in [0.717, 1.165) is 0 Å². The van der Waals surface area contributed by atoms with Gasteiger partial charge in [-0.1, -0.05) is 23.8 Å². The number of halogens is 1. The first-order valence-electron chi connectivity index (χ1n) is 10.8. The van der Waals surface area contributed by atoms with E-state index in [0.29, 0.717) is 29.7 Å². The Morgan fingerprint density at radius 3 is 2.54 bits per heavy atom. The number of aromatic nitrogens is 2. The summed E-state index contributed by atoms with van der Waals surface area (Å²) in [5, 5.41) is 24.9. The third kappa shape index (κ3) is 8.18. The molecule has 0 spiro atoms. The molecule has 0 aliphatic rings. The maximum Gasteiger partial charge on any atom is 0.408 e. The van der Waals surface area contributed by atoms with E-state index in [9.17, 15) is 19.7 Å². The number of ether oxygens (including phenoxy) is 1. The average molecular weight is 502 g/mol. The second kappa shape index (κ2) is 12.1. The molecule has 2 aromatic rings. The lowest BCUT2D eigenvalue weighted by molar-refractivity contribution is -0.384. The highest BCUT2D eigenvalue weighted by atomic mass is 35.5. The van der Waals surface area contributed by atoms with Gasteiger partial charge in [-0.15, -0.1) is 23.4 Å². The molecule has 1 aromatic heterocycles. The highest BCUT2D eigenvalue weighted by Gasteiger charge is 2.24. The van der Waals surface area contributed by atoms with Crippen molar-refractivity contribution in [2.24, 2.45) is 0 Å². The van der Waals surface area contributed by atoms with E-state index in [1.165, 1.54) is 18.2 Å². The number of rotatable bonds is 10. The number of amides is 2. The Balaban J connectivity index is 2.50. The predicted molar refractivity (Wildman–Crippen MR) is 134 cm³/mol. The molecule has 2 rings (SSSR count). The molecule has 0 fully saturated rings. The second-order valence-corrected chi connectivity index (χ2v) is 8.92. The van der Waals surface area contributed by atoms with E-state index in [2.05, 4.69) is 34.0 Å². The van der Waals surface area contributed by atoms with Crippen LogP contribution in [0.4, 0.5) is 16.2 Å². The van der Waals surface area contributed by atoms with Gasteiger partial charge in [0, 0.05) is 29.7 Å². The van der Waals surface area contributed by atoms with Gasteiger partial charge in [-0.25, -0.2) is 4.79 Å². The molecule has 0 aliphatic heterocycles. The maximum atomic E-state index is 12.4. The first-order chi connectivity index (χ1) is 16.4. The Morgan fingerprint density at radius 1 is 1.23 bits per heavy atom. The van der Waals surface area contributed by atoms with Crippen LogP contribution in [0, 0.1) is 10.1 Å². The molecular formula is C24H28ClN5O5.